The molecule has 0 radical (unpaired) electrons. The first-order valence-electron chi connectivity index (χ1n) is 9.63. The molecule has 1 amide bonds. The minimum atomic E-state index is -0.264. The number of fused-ring (bicyclic) bond motifs is 1. The first kappa shape index (κ1) is 21.0. The van der Waals surface area contributed by atoms with E-state index in [0.29, 0.717) is 17.6 Å². The van der Waals surface area contributed by atoms with Crippen molar-refractivity contribution in [3.05, 3.63) is 58.8 Å². The van der Waals surface area contributed by atoms with Crippen molar-refractivity contribution in [2.75, 3.05) is 13.1 Å². The number of benzene rings is 1. The number of hydrogen-bond donors (Lipinski definition) is 2. The first-order valence-corrected chi connectivity index (χ1v) is 9.63. The Kier molecular flexibility index (Phi) is 6.66. The van der Waals surface area contributed by atoms with Crippen LogP contribution >= 0.6 is 12.4 Å². The van der Waals surface area contributed by atoms with Crippen LogP contribution in [0.4, 0.5) is 0 Å². The van der Waals surface area contributed by atoms with Gasteiger partial charge in [-0.2, -0.15) is 10.2 Å². The lowest BCUT2D eigenvalue weighted by molar-refractivity contribution is 0.0929. The lowest BCUT2D eigenvalue weighted by Gasteiger charge is -2.22. The maximum Gasteiger partial charge on any atom is 0.274 e. The van der Waals surface area contributed by atoms with E-state index >= 15 is 0 Å². The topological polar surface area (TPSA) is 93.8 Å². The van der Waals surface area contributed by atoms with Crippen molar-refractivity contribution in [1.82, 2.24) is 30.2 Å². The molecule has 0 aliphatic carbocycles. The number of piperidine rings is 1. The summed E-state index contributed by atoms with van der Waals surface area (Å²) in [5.41, 5.74) is 0.226. The predicted molar refractivity (Wildman–Crippen MR) is 114 cm³/mol. The summed E-state index contributed by atoms with van der Waals surface area (Å²) in [4.78, 5) is 25.1. The summed E-state index contributed by atoms with van der Waals surface area (Å²) in [6.45, 7) is 4.05. The molecule has 2 N–H and O–H groups in total. The van der Waals surface area contributed by atoms with Gasteiger partial charge in [-0.3, -0.25) is 14.3 Å². The second-order valence-corrected chi connectivity index (χ2v) is 7.27. The smallest absolute Gasteiger partial charge is 0.274 e. The molecule has 0 spiro atoms. The molecule has 4 rings (SSSR count). The van der Waals surface area contributed by atoms with Crippen molar-refractivity contribution < 1.29 is 4.79 Å². The maximum absolute atomic E-state index is 12.6. The normalized spacial score (nSPS) is 17.5. The number of aromatic nitrogens is 4. The summed E-state index contributed by atoms with van der Waals surface area (Å²) < 4.78 is 3.25. The summed E-state index contributed by atoms with van der Waals surface area (Å²) in [6.07, 6.45) is 5.69. The second kappa shape index (κ2) is 9.19. The maximum atomic E-state index is 12.6. The van der Waals surface area contributed by atoms with Crippen LogP contribution in [0.25, 0.3) is 10.8 Å². The van der Waals surface area contributed by atoms with Crippen LogP contribution in [0.3, 0.4) is 0 Å². The van der Waals surface area contributed by atoms with Crippen LogP contribution in [-0.2, 0) is 6.54 Å². The van der Waals surface area contributed by atoms with Gasteiger partial charge in [0.15, 0.2) is 0 Å². The largest absolute Gasteiger partial charge is 0.346 e. The molecule has 2 aromatic heterocycles. The van der Waals surface area contributed by atoms with Crippen molar-refractivity contribution >= 4 is 29.1 Å². The van der Waals surface area contributed by atoms with Gasteiger partial charge in [-0.05, 0) is 38.4 Å². The third-order valence-corrected chi connectivity index (χ3v) is 5.07. The standard InChI is InChI=1S/C20H24N6O2.ClH/c1-14(13-26-20(28)17-7-3-2-5-15(17)11-22-26)23-19(27)18-8-10-25(24-18)16-6-4-9-21-12-16;/h2-3,5,7-8,10-11,14,16,21H,4,6,9,12-13H2,1H3,(H,23,27);1H. The zero-order valence-electron chi connectivity index (χ0n) is 16.2. The molecular weight excluding hydrogens is 392 g/mol. The third kappa shape index (κ3) is 4.65. The molecule has 9 heteroatoms. The van der Waals surface area contributed by atoms with Gasteiger partial charge < -0.3 is 10.6 Å². The molecule has 0 bridgehead atoms. The Balaban J connectivity index is 0.00000240. The number of hydrogen-bond acceptors (Lipinski definition) is 5. The van der Waals surface area contributed by atoms with Crippen molar-refractivity contribution in [2.45, 2.75) is 38.4 Å². The fourth-order valence-electron chi connectivity index (χ4n) is 3.58. The van der Waals surface area contributed by atoms with E-state index in [0.717, 1.165) is 31.3 Å². The number of nitrogens with one attached hydrogen (secondary N) is 2. The summed E-state index contributed by atoms with van der Waals surface area (Å²) in [5.74, 6) is -0.246. The number of carbonyl (C=O) groups excluding carboxylic acids is 1. The van der Waals surface area contributed by atoms with Gasteiger partial charge in [0.1, 0.15) is 5.69 Å². The second-order valence-electron chi connectivity index (χ2n) is 7.27. The molecule has 2 unspecified atom stereocenters. The SMILES string of the molecule is CC(Cn1ncc2ccccc2c1=O)NC(=O)c1ccn(C2CCCNC2)n1.Cl. The Morgan fingerprint density at radius 1 is 1.34 bits per heavy atom. The molecule has 1 aromatic carbocycles. The molecule has 0 saturated carbocycles. The molecule has 2 atom stereocenters. The highest BCUT2D eigenvalue weighted by Crippen LogP contribution is 2.15. The summed E-state index contributed by atoms with van der Waals surface area (Å²) >= 11 is 0. The third-order valence-electron chi connectivity index (χ3n) is 5.07. The van der Waals surface area contributed by atoms with E-state index < -0.39 is 0 Å². The van der Waals surface area contributed by atoms with Gasteiger partial charge in [0.2, 0.25) is 0 Å². The van der Waals surface area contributed by atoms with Gasteiger partial charge >= 0.3 is 0 Å². The fourth-order valence-corrected chi connectivity index (χ4v) is 3.58. The molecule has 1 aliphatic heterocycles. The van der Waals surface area contributed by atoms with Crippen LogP contribution in [0.2, 0.25) is 0 Å². The number of amides is 1. The van der Waals surface area contributed by atoms with Crippen molar-refractivity contribution in [2.24, 2.45) is 0 Å². The van der Waals surface area contributed by atoms with Crippen LogP contribution in [0.15, 0.2) is 47.5 Å². The average molecular weight is 417 g/mol. The Hall–Kier alpha value is -2.71. The number of nitrogens with zero attached hydrogens (tertiary/aromatic N) is 4. The molecule has 29 heavy (non-hydrogen) atoms. The molecule has 8 nitrogen and oxygen atoms in total. The van der Waals surface area contributed by atoms with E-state index in [1.54, 1.807) is 18.3 Å². The quantitative estimate of drug-likeness (QED) is 0.661. The lowest BCUT2D eigenvalue weighted by Crippen LogP contribution is -2.39. The van der Waals surface area contributed by atoms with Crippen molar-refractivity contribution in [3.8, 4) is 0 Å². The number of halogens is 1. The molecule has 1 saturated heterocycles. The monoisotopic (exact) mass is 416 g/mol. The van der Waals surface area contributed by atoms with Gasteiger partial charge in [0.25, 0.3) is 11.5 Å². The van der Waals surface area contributed by atoms with Crippen molar-refractivity contribution in [1.29, 1.82) is 0 Å². The van der Waals surface area contributed by atoms with E-state index in [4.69, 9.17) is 0 Å². The Bertz CT molecular complexity index is 1040. The fraction of sp³-hybridized carbons (Fsp3) is 0.400. The van der Waals surface area contributed by atoms with E-state index in [1.165, 1.54) is 4.68 Å². The van der Waals surface area contributed by atoms with Crippen LogP contribution in [-0.4, -0.2) is 44.6 Å². The minimum absolute atomic E-state index is 0. The zero-order chi connectivity index (χ0) is 19.5. The first-order chi connectivity index (χ1) is 13.6. The van der Waals surface area contributed by atoms with E-state index in [1.807, 2.05) is 36.0 Å². The molecule has 1 fully saturated rings. The lowest BCUT2D eigenvalue weighted by atomic mass is 10.1. The zero-order valence-corrected chi connectivity index (χ0v) is 17.1. The van der Waals surface area contributed by atoms with Gasteiger partial charge in [-0.1, -0.05) is 18.2 Å². The van der Waals surface area contributed by atoms with E-state index in [9.17, 15) is 9.59 Å². The minimum Gasteiger partial charge on any atom is -0.346 e. The van der Waals surface area contributed by atoms with Gasteiger partial charge in [0, 0.05) is 24.2 Å². The highest BCUT2D eigenvalue weighted by molar-refractivity contribution is 5.92. The van der Waals surface area contributed by atoms with Crippen LogP contribution < -0.4 is 16.2 Å². The highest BCUT2D eigenvalue weighted by atomic mass is 35.5. The Morgan fingerprint density at radius 3 is 2.97 bits per heavy atom. The highest BCUT2D eigenvalue weighted by Gasteiger charge is 2.19. The number of rotatable bonds is 5. The Labute approximate surface area is 174 Å². The molecule has 3 heterocycles. The van der Waals surface area contributed by atoms with Gasteiger partial charge in [0.05, 0.1) is 24.2 Å². The van der Waals surface area contributed by atoms with Crippen LogP contribution in [0.1, 0.15) is 36.3 Å². The number of carbonyl (C=O) groups is 1. The molecule has 1 aliphatic rings. The summed E-state index contributed by atoms with van der Waals surface area (Å²) in [6, 6.07) is 9.10. The molecule has 154 valence electrons. The van der Waals surface area contributed by atoms with E-state index in [2.05, 4.69) is 20.8 Å². The summed E-state index contributed by atoms with van der Waals surface area (Å²) in [5, 5.41) is 16.3. The van der Waals surface area contributed by atoms with E-state index in [-0.39, 0.29) is 36.0 Å². The van der Waals surface area contributed by atoms with Crippen molar-refractivity contribution in [3.63, 3.8) is 0 Å². The van der Waals surface area contributed by atoms with Gasteiger partial charge in [-0.15, -0.1) is 12.4 Å². The predicted octanol–water partition coefficient (Wildman–Crippen LogP) is 1.76. The Morgan fingerprint density at radius 2 is 2.17 bits per heavy atom. The molecular formula is C20H25ClN6O2. The van der Waals surface area contributed by atoms with Crippen LogP contribution in [0.5, 0.6) is 0 Å². The van der Waals surface area contributed by atoms with Gasteiger partial charge in [-0.25, -0.2) is 4.68 Å². The molecule has 3 aromatic rings. The van der Waals surface area contributed by atoms with Crippen LogP contribution in [0, 0.1) is 0 Å². The average Bonchev–Trinajstić information content (AvgIpc) is 3.21. The summed E-state index contributed by atoms with van der Waals surface area (Å²) in [7, 11) is 0.